The summed E-state index contributed by atoms with van der Waals surface area (Å²) in [5, 5.41) is 4.64. The number of hydrogen-bond acceptors (Lipinski definition) is 2. The lowest BCUT2D eigenvalue weighted by Crippen LogP contribution is -2.25. The van der Waals surface area contributed by atoms with Gasteiger partial charge in [0.15, 0.2) is 5.78 Å². The van der Waals surface area contributed by atoms with Gasteiger partial charge >= 0.3 is 0 Å². The highest BCUT2D eigenvalue weighted by Crippen LogP contribution is 2.31. The molecule has 1 aliphatic rings. The molecule has 1 aliphatic carbocycles. The normalized spacial score (nSPS) is 13.6. The zero-order valence-corrected chi connectivity index (χ0v) is 18.3. The Kier molecular flexibility index (Phi) is 5.96. The molecule has 4 nitrogen and oxygen atoms in total. The molecule has 1 saturated carbocycles. The van der Waals surface area contributed by atoms with E-state index >= 15 is 0 Å². The Labute approximate surface area is 182 Å². The van der Waals surface area contributed by atoms with Gasteiger partial charge in [0.05, 0.1) is 5.52 Å². The number of benzene rings is 2. The first-order valence-electron chi connectivity index (χ1n) is 10.7. The third-order valence-electron chi connectivity index (χ3n) is 5.81. The Hall–Kier alpha value is -2.59. The van der Waals surface area contributed by atoms with Crippen LogP contribution in [0.15, 0.2) is 42.5 Å². The molecule has 4 rings (SSSR count). The van der Waals surface area contributed by atoms with Gasteiger partial charge in [-0.1, -0.05) is 49.2 Å². The van der Waals surface area contributed by atoms with Crippen LogP contribution in [0.2, 0.25) is 5.02 Å². The van der Waals surface area contributed by atoms with E-state index in [2.05, 4.69) is 16.8 Å². The van der Waals surface area contributed by atoms with E-state index in [4.69, 9.17) is 11.6 Å². The number of halogens is 1. The van der Waals surface area contributed by atoms with Crippen LogP contribution in [0.1, 0.15) is 65.1 Å². The van der Waals surface area contributed by atoms with Crippen molar-refractivity contribution in [3.8, 4) is 0 Å². The molecule has 2 aromatic carbocycles. The number of carbonyl (C=O) groups is 2. The minimum Gasteiger partial charge on any atom is -0.352 e. The van der Waals surface area contributed by atoms with Crippen LogP contribution in [0.4, 0.5) is 0 Å². The predicted molar refractivity (Wildman–Crippen MR) is 122 cm³/mol. The summed E-state index contributed by atoms with van der Waals surface area (Å²) in [6.07, 6.45) is 4.11. The molecule has 1 aromatic heterocycles. The summed E-state index contributed by atoms with van der Waals surface area (Å²) in [5.74, 6) is 0.616. The van der Waals surface area contributed by atoms with E-state index in [0.29, 0.717) is 23.0 Å². The molecule has 5 heteroatoms. The molecule has 156 valence electrons. The van der Waals surface area contributed by atoms with Gasteiger partial charge < -0.3 is 9.88 Å². The van der Waals surface area contributed by atoms with Crippen LogP contribution in [0, 0.1) is 5.92 Å². The Morgan fingerprint density at radius 1 is 1.17 bits per heavy atom. The number of nitrogens with one attached hydrogen (secondary N) is 1. The molecule has 0 bridgehead atoms. The van der Waals surface area contributed by atoms with Crippen LogP contribution in [-0.2, 0) is 13.0 Å². The van der Waals surface area contributed by atoms with Crippen molar-refractivity contribution in [1.82, 2.24) is 9.88 Å². The van der Waals surface area contributed by atoms with Gasteiger partial charge in [-0.05, 0) is 55.9 Å². The molecule has 1 amide bonds. The maximum Gasteiger partial charge on any atom is 0.251 e. The Balaban J connectivity index is 1.82. The molecule has 30 heavy (non-hydrogen) atoms. The number of carbonyl (C=O) groups excluding carboxylic acids is 2. The maximum atomic E-state index is 12.7. The maximum absolute atomic E-state index is 12.7. The predicted octanol–water partition coefficient (Wildman–Crippen LogP) is 5.64. The first kappa shape index (κ1) is 20.7. The van der Waals surface area contributed by atoms with Gasteiger partial charge in [0.2, 0.25) is 0 Å². The van der Waals surface area contributed by atoms with Crippen LogP contribution in [0.3, 0.4) is 0 Å². The standard InChI is InChI=1S/C25H27ClN2O2/c1-3-6-22-24(16(2)29)20-12-11-18(25(30)27-14-17-9-10-17)13-23(20)28(22)15-19-7-4-5-8-21(19)26/h4-5,7-8,11-13,17H,3,6,9-10,14-15H2,1-2H3,(H,27,30). The van der Waals surface area contributed by atoms with Crippen molar-refractivity contribution in [3.05, 3.63) is 69.9 Å². The number of rotatable bonds is 8. The molecule has 3 aromatic rings. The van der Waals surface area contributed by atoms with E-state index in [9.17, 15) is 9.59 Å². The number of Topliss-reactive ketones (excluding diaryl/α,β-unsaturated/α-hetero) is 1. The van der Waals surface area contributed by atoms with Crippen LogP contribution in [0.25, 0.3) is 10.9 Å². The van der Waals surface area contributed by atoms with E-state index in [1.807, 2.05) is 42.5 Å². The van der Waals surface area contributed by atoms with Gasteiger partial charge in [0.25, 0.3) is 5.91 Å². The topological polar surface area (TPSA) is 51.1 Å². The monoisotopic (exact) mass is 422 g/mol. The second kappa shape index (κ2) is 8.65. The van der Waals surface area contributed by atoms with Crippen molar-refractivity contribution in [3.63, 3.8) is 0 Å². The smallest absolute Gasteiger partial charge is 0.251 e. The van der Waals surface area contributed by atoms with E-state index in [-0.39, 0.29) is 11.7 Å². The zero-order chi connectivity index (χ0) is 21.3. The third-order valence-corrected chi connectivity index (χ3v) is 6.18. The van der Waals surface area contributed by atoms with E-state index in [1.54, 1.807) is 6.92 Å². The molecule has 0 radical (unpaired) electrons. The summed E-state index contributed by atoms with van der Waals surface area (Å²) in [7, 11) is 0. The van der Waals surface area contributed by atoms with Crippen molar-refractivity contribution >= 4 is 34.2 Å². The van der Waals surface area contributed by atoms with Crippen LogP contribution in [-0.4, -0.2) is 22.8 Å². The fraction of sp³-hybridized carbons (Fsp3) is 0.360. The first-order valence-corrected chi connectivity index (χ1v) is 11.0. The molecule has 0 aliphatic heterocycles. The van der Waals surface area contributed by atoms with E-state index < -0.39 is 0 Å². The summed E-state index contributed by atoms with van der Waals surface area (Å²) in [6, 6.07) is 13.4. The summed E-state index contributed by atoms with van der Waals surface area (Å²) >= 11 is 6.44. The highest BCUT2D eigenvalue weighted by atomic mass is 35.5. The average Bonchev–Trinajstić information content (AvgIpc) is 3.51. The lowest BCUT2D eigenvalue weighted by molar-refractivity contribution is 0.0951. The minimum absolute atomic E-state index is 0.0484. The molecule has 0 saturated heterocycles. The summed E-state index contributed by atoms with van der Waals surface area (Å²) < 4.78 is 2.16. The largest absolute Gasteiger partial charge is 0.352 e. The summed E-state index contributed by atoms with van der Waals surface area (Å²) in [5.41, 5.74) is 4.29. The van der Waals surface area contributed by atoms with Crippen LogP contribution >= 0.6 is 11.6 Å². The van der Waals surface area contributed by atoms with Crippen LogP contribution < -0.4 is 5.32 Å². The zero-order valence-electron chi connectivity index (χ0n) is 17.5. The van der Waals surface area contributed by atoms with Crippen molar-refractivity contribution < 1.29 is 9.59 Å². The van der Waals surface area contributed by atoms with Crippen molar-refractivity contribution in [2.24, 2.45) is 5.92 Å². The van der Waals surface area contributed by atoms with Gasteiger partial charge in [0.1, 0.15) is 0 Å². The van der Waals surface area contributed by atoms with Gasteiger partial charge in [-0.15, -0.1) is 0 Å². The van der Waals surface area contributed by atoms with Gasteiger partial charge in [-0.3, -0.25) is 9.59 Å². The number of hydrogen-bond donors (Lipinski definition) is 1. The number of aromatic nitrogens is 1. The molecule has 1 fully saturated rings. The Bertz CT molecular complexity index is 1110. The van der Waals surface area contributed by atoms with Crippen molar-refractivity contribution in [2.45, 2.75) is 46.1 Å². The molecular formula is C25H27ClN2O2. The highest BCUT2D eigenvalue weighted by Gasteiger charge is 2.24. The molecule has 0 atom stereocenters. The van der Waals surface area contributed by atoms with Crippen molar-refractivity contribution in [2.75, 3.05) is 6.54 Å². The van der Waals surface area contributed by atoms with Gasteiger partial charge in [0, 0.05) is 40.3 Å². The van der Waals surface area contributed by atoms with Gasteiger partial charge in [-0.2, -0.15) is 0 Å². The SMILES string of the molecule is CCCc1c(C(C)=O)c2ccc(C(=O)NCC3CC3)cc2n1Cc1ccccc1Cl. The number of nitrogens with zero attached hydrogens (tertiary/aromatic N) is 1. The van der Waals surface area contributed by atoms with Crippen molar-refractivity contribution in [1.29, 1.82) is 0 Å². The van der Waals surface area contributed by atoms with E-state index in [0.717, 1.165) is 47.1 Å². The molecule has 0 unspecified atom stereocenters. The lowest BCUT2D eigenvalue weighted by atomic mass is 10.0. The average molecular weight is 423 g/mol. The molecular weight excluding hydrogens is 396 g/mol. The third kappa shape index (κ3) is 4.15. The lowest BCUT2D eigenvalue weighted by Gasteiger charge is -2.13. The second-order valence-corrected chi connectivity index (χ2v) is 8.60. The fourth-order valence-corrected chi connectivity index (χ4v) is 4.27. The first-order chi connectivity index (χ1) is 14.5. The molecule has 0 spiro atoms. The number of amides is 1. The Morgan fingerprint density at radius 3 is 2.60 bits per heavy atom. The second-order valence-electron chi connectivity index (χ2n) is 8.19. The molecule has 1 N–H and O–H groups in total. The minimum atomic E-state index is -0.0595. The highest BCUT2D eigenvalue weighted by molar-refractivity contribution is 6.31. The quantitative estimate of drug-likeness (QED) is 0.477. The van der Waals surface area contributed by atoms with Gasteiger partial charge in [-0.25, -0.2) is 0 Å². The van der Waals surface area contributed by atoms with E-state index in [1.165, 1.54) is 12.8 Å². The summed E-state index contributed by atoms with van der Waals surface area (Å²) in [4.78, 5) is 25.3. The van der Waals surface area contributed by atoms with Crippen LogP contribution in [0.5, 0.6) is 0 Å². The number of fused-ring (bicyclic) bond motifs is 1. The number of ketones is 1. The fourth-order valence-electron chi connectivity index (χ4n) is 4.07. The summed E-state index contributed by atoms with van der Waals surface area (Å²) in [6.45, 7) is 5.02. The molecule has 1 heterocycles. The Morgan fingerprint density at radius 2 is 1.93 bits per heavy atom.